The van der Waals surface area contributed by atoms with Crippen molar-refractivity contribution >= 4 is 10.0 Å². The Morgan fingerprint density at radius 3 is 2.54 bits per heavy atom. The van der Waals surface area contributed by atoms with Crippen LogP contribution in [0.5, 0.6) is 0 Å². The fourth-order valence-corrected chi connectivity index (χ4v) is 4.51. The Balaban J connectivity index is 1.96. The smallest absolute Gasteiger partial charge is 0.216 e. The first kappa shape index (κ1) is 18.9. The van der Waals surface area contributed by atoms with Gasteiger partial charge in [-0.2, -0.15) is 5.26 Å². The molecule has 1 N–H and O–H groups in total. The van der Waals surface area contributed by atoms with Gasteiger partial charge in [0.05, 0.1) is 16.9 Å². The van der Waals surface area contributed by atoms with Crippen LogP contribution in [0, 0.1) is 17.2 Å². The van der Waals surface area contributed by atoms with E-state index in [1.165, 1.54) is 0 Å². The second kappa shape index (κ2) is 8.11. The molecule has 0 aliphatic carbocycles. The summed E-state index contributed by atoms with van der Waals surface area (Å²) in [6.07, 6.45) is 1.79. The second-order valence-electron chi connectivity index (χ2n) is 6.70. The highest BCUT2D eigenvalue weighted by Gasteiger charge is 2.34. The average Bonchev–Trinajstić information content (AvgIpc) is 2.60. The first-order valence-electron chi connectivity index (χ1n) is 8.59. The van der Waals surface area contributed by atoms with Crippen LogP contribution >= 0.6 is 0 Å². The normalized spacial score (nSPS) is 22.5. The Morgan fingerprint density at radius 2 is 2.00 bits per heavy atom. The number of benzene rings is 1. The summed E-state index contributed by atoms with van der Waals surface area (Å²) in [6.45, 7) is 7.53. The molecule has 132 valence electrons. The van der Waals surface area contributed by atoms with Gasteiger partial charge in [-0.3, -0.25) is 0 Å². The van der Waals surface area contributed by atoms with Crippen LogP contribution in [0.3, 0.4) is 0 Å². The molecule has 0 unspecified atom stereocenters. The van der Waals surface area contributed by atoms with Gasteiger partial charge in [0.15, 0.2) is 0 Å². The van der Waals surface area contributed by atoms with Crippen molar-refractivity contribution in [2.45, 2.75) is 51.4 Å². The highest BCUT2D eigenvalue weighted by molar-refractivity contribution is 7.89. The van der Waals surface area contributed by atoms with Gasteiger partial charge in [0.25, 0.3) is 0 Å². The Labute approximate surface area is 145 Å². The summed E-state index contributed by atoms with van der Waals surface area (Å²) >= 11 is 0. The zero-order valence-corrected chi connectivity index (χ0v) is 15.5. The SMILES string of the molecule is CC[C@@H]1CN(S(=O)(=O)C(C)C)CC[C@H]1NCc1ccc(C#N)cc1. The molecule has 1 saturated heterocycles. The number of hydrogen-bond donors (Lipinski definition) is 1. The van der Waals surface area contributed by atoms with Gasteiger partial charge in [-0.05, 0) is 43.9 Å². The van der Waals surface area contributed by atoms with Crippen molar-refractivity contribution in [1.29, 1.82) is 5.26 Å². The van der Waals surface area contributed by atoms with E-state index in [4.69, 9.17) is 5.26 Å². The van der Waals surface area contributed by atoms with Crippen LogP contribution in [0.15, 0.2) is 24.3 Å². The summed E-state index contributed by atoms with van der Waals surface area (Å²) in [5.74, 6) is 0.325. The number of hydrogen-bond acceptors (Lipinski definition) is 4. The van der Waals surface area contributed by atoms with Gasteiger partial charge in [0.1, 0.15) is 0 Å². The predicted octanol–water partition coefficient (Wildman–Crippen LogP) is 2.49. The fraction of sp³-hybridized carbons (Fsp3) is 0.611. The van der Waals surface area contributed by atoms with Crippen molar-refractivity contribution < 1.29 is 8.42 Å². The van der Waals surface area contributed by atoms with Crippen molar-refractivity contribution in [3.63, 3.8) is 0 Å². The zero-order valence-electron chi connectivity index (χ0n) is 14.7. The highest BCUT2D eigenvalue weighted by atomic mass is 32.2. The number of rotatable bonds is 6. The summed E-state index contributed by atoms with van der Waals surface area (Å²) in [7, 11) is -3.17. The monoisotopic (exact) mass is 349 g/mol. The summed E-state index contributed by atoms with van der Waals surface area (Å²) in [6, 6.07) is 10.0. The number of nitrogens with zero attached hydrogens (tertiary/aromatic N) is 2. The van der Waals surface area contributed by atoms with Crippen molar-refractivity contribution in [1.82, 2.24) is 9.62 Å². The molecule has 6 heteroatoms. The Hall–Kier alpha value is -1.42. The van der Waals surface area contributed by atoms with E-state index in [-0.39, 0.29) is 5.25 Å². The van der Waals surface area contributed by atoms with Gasteiger partial charge < -0.3 is 5.32 Å². The molecule has 1 aromatic rings. The molecular weight excluding hydrogens is 322 g/mol. The number of piperidine rings is 1. The predicted molar refractivity (Wildman–Crippen MR) is 95.8 cm³/mol. The Morgan fingerprint density at radius 1 is 1.33 bits per heavy atom. The summed E-state index contributed by atoms with van der Waals surface area (Å²) in [5, 5.41) is 12.0. The van der Waals surface area contributed by atoms with E-state index in [2.05, 4.69) is 18.3 Å². The van der Waals surface area contributed by atoms with Crippen molar-refractivity contribution in [2.24, 2.45) is 5.92 Å². The van der Waals surface area contributed by atoms with Crippen molar-refractivity contribution in [2.75, 3.05) is 13.1 Å². The maximum absolute atomic E-state index is 12.4. The lowest BCUT2D eigenvalue weighted by Crippen LogP contribution is -2.51. The first-order valence-corrected chi connectivity index (χ1v) is 10.1. The topological polar surface area (TPSA) is 73.2 Å². The molecule has 0 radical (unpaired) electrons. The van der Waals surface area contributed by atoms with Gasteiger partial charge in [-0.1, -0.05) is 25.5 Å². The summed E-state index contributed by atoms with van der Waals surface area (Å²) in [5.41, 5.74) is 1.80. The van der Waals surface area contributed by atoms with Crippen LogP contribution in [-0.2, 0) is 16.6 Å². The number of nitriles is 1. The van der Waals surface area contributed by atoms with Gasteiger partial charge in [-0.25, -0.2) is 12.7 Å². The molecule has 1 aliphatic heterocycles. The third-order valence-electron chi connectivity index (χ3n) is 4.83. The lowest BCUT2D eigenvalue weighted by Gasteiger charge is -2.38. The lowest BCUT2D eigenvalue weighted by atomic mass is 9.91. The Bertz CT molecular complexity index is 677. The molecule has 1 aromatic carbocycles. The molecule has 5 nitrogen and oxygen atoms in total. The summed E-state index contributed by atoms with van der Waals surface area (Å²) < 4.78 is 26.4. The molecular formula is C18H27N3O2S. The minimum Gasteiger partial charge on any atom is -0.310 e. The first-order chi connectivity index (χ1) is 11.4. The third kappa shape index (κ3) is 4.35. The molecule has 0 amide bonds. The van der Waals surface area contributed by atoms with Crippen LogP contribution in [0.2, 0.25) is 0 Å². The third-order valence-corrected chi connectivity index (χ3v) is 7.07. The maximum atomic E-state index is 12.4. The number of sulfonamides is 1. The molecule has 0 aromatic heterocycles. The van der Waals surface area contributed by atoms with Gasteiger partial charge >= 0.3 is 0 Å². The van der Waals surface area contributed by atoms with E-state index in [0.29, 0.717) is 30.6 Å². The van der Waals surface area contributed by atoms with E-state index in [1.54, 1.807) is 18.2 Å². The average molecular weight is 350 g/mol. The van der Waals surface area contributed by atoms with Gasteiger partial charge in [0.2, 0.25) is 10.0 Å². The van der Waals surface area contributed by atoms with Crippen LogP contribution in [0.4, 0.5) is 0 Å². The van der Waals surface area contributed by atoms with E-state index in [0.717, 1.165) is 24.9 Å². The minimum atomic E-state index is -3.17. The molecule has 1 aliphatic rings. The zero-order chi connectivity index (χ0) is 17.7. The van der Waals surface area contributed by atoms with Gasteiger partial charge in [0, 0.05) is 25.7 Å². The van der Waals surface area contributed by atoms with E-state index in [1.807, 2.05) is 24.3 Å². The van der Waals surface area contributed by atoms with Crippen LogP contribution < -0.4 is 5.32 Å². The molecule has 0 bridgehead atoms. The highest BCUT2D eigenvalue weighted by Crippen LogP contribution is 2.24. The largest absolute Gasteiger partial charge is 0.310 e. The van der Waals surface area contributed by atoms with E-state index in [9.17, 15) is 8.42 Å². The second-order valence-corrected chi connectivity index (χ2v) is 9.19. The quantitative estimate of drug-likeness (QED) is 0.856. The molecule has 2 rings (SSSR count). The molecule has 2 atom stereocenters. The molecule has 0 spiro atoms. The van der Waals surface area contributed by atoms with E-state index < -0.39 is 10.0 Å². The molecule has 1 heterocycles. The standard InChI is InChI=1S/C18H27N3O2S/c1-4-17-13-21(24(22,23)14(2)3)10-9-18(17)20-12-16-7-5-15(11-19)6-8-16/h5-8,14,17-18,20H,4,9-10,12-13H2,1-3H3/t17-,18-/m1/s1. The molecule has 1 fully saturated rings. The van der Waals surface area contributed by atoms with Crippen LogP contribution in [-0.4, -0.2) is 37.1 Å². The number of nitrogens with one attached hydrogen (secondary N) is 1. The fourth-order valence-electron chi connectivity index (χ4n) is 3.16. The van der Waals surface area contributed by atoms with Gasteiger partial charge in [-0.15, -0.1) is 0 Å². The van der Waals surface area contributed by atoms with E-state index >= 15 is 0 Å². The van der Waals surface area contributed by atoms with Crippen molar-refractivity contribution in [3.05, 3.63) is 35.4 Å². The maximum Gasteiger partial charge on any atom is 0.216 e. The minimum absolute atomic E-state index is 0.323. The molecule has 0 saturated carbocycles. The van der Waals surface area contributed by atoms with Crippen LogP contribution in [0.1, 0.15) is 44.7 Å². The lowest BCUT2D eigenvalue weighted by molar-refractivity contribution is 0.200. The van der Waals surface area contributed by atoms with Crippen molar-refractivity contribution in [3.8, 4) is 6.07 Å². The van der Waals surface area contributed by atoms with Crippen LogP contribution in [0.25, 0.3) is 0 Å². The molecule has 24 heavy (non-hydrogen) atoms. The Kier molecular flexibility index (Phi) is 6.39. The summed E-state index contributed by atoms with van der Waals surface area (Å²) in [4.78, 5) is 0.